The van der Waals surface area contributed by atoms with E-state index in [4.69, 9.17) is 12.2 Å². The Balaban J connectivity index is 2.08. The van der Waals surface area contributed by atoms with Crippen molar-refractivity contribution in [3.8, 4) is 0 Å². The Bertz CT molecular complexity index is 790. The first kappa shape index (κ1) is 16.6. The number of non-ortho nitro benzene ring substituents is 1. The topological polar surface area (TPSA) is 84.3 Å². The number of nitro groups is 1. The molecule has 2 rings (SSSR count). The van der Waals surface area contributed by atoms with Crippen LogP contribution in [0.2, 0.25) is 0 Å². The minimum absolute atomic E-state index is 0.134. The first-order chi connectivity index (χ1) is 10.9. The summed E-state index contributed by atoms with van der Waals surface area (Å²) in [6.45, 7) is 3.88. The van der Waals surface area contributed by atoms with Crippen molar-refractivity contribution >= 4 is 34.6 Å². The molecule has 6 nitrogen and oxygen atoms in total. The molecule has 0 spiro atoms. The van der Waals surface area contributed by atoms with E-state index in [0.717, 1.165) is 16.8 Å². The van der Waals surface area contributed by atoms with E-state index < -0.39 is 10.8 Å². The van der Waals surface area contributed by atoms with Crippen molar-refractivity contribution in [3.05, 3.63) is 69.3 Å². The Hall–Kier alpha value is -2.80. The van der Waals surface area contributed by atoms with Crippen LogP contribution in [0.25, 0.3) is 0 Å². The second-order valence-electron chi connectivity index (χ2n) is 5.03. The zero-order valence-corrected chi connectivity index (χ0v) is 13.4. The minimum atomic E-state index is -0.552. The number of amides is 1. The first-order valence-corrected chi connectivity index (χ1v) is 7.21. The summed E-state index contributed by atoms with van der Waals surface area (Å²) in [4.78, 5) is 22.3. The summed E-state index contributed by atoms with van der Waals surface area (Å²) < 4.78 is 0. The van der Waals surface area contributed by atoms with Crippen LogP contribution in [0, 0.1) is 24.0 Å². The summed E-state index contributed by atoms with van der Waals surface area (Å²) in [6, 6.07) is 11.3. The summed E-state index contributed by atoms with van der Waals surface area (Å²) in [5, 5.41) is 16.3. The molecule has 0 bridgehead atoms. The number of aryl methyl sites for hydroxylation is 2. The van der Waals surface area contributed by atoms with Crippen LogP contribution in [-0.4, -0.2) is 15.9 Å². The van der Waals surface area contributed by atoms with Gasteiger partial charge >= 0.3 is 0 Å². The van der Waals surface area contributed by atoms with Crippen molar-refractivity contribution in [3.63, 3.8) is 0 Å². The average Bonchev–Trinajstić information content (AvgIpc) is 2.51. The standard InChI is InChI=1S/C16H15N3O3S/c1-10-6-7-11(2)14(8-10)17-16(23)18-15(20)12-4-3-5-13(9-12)19(21)22/h3-9H,1-2H3,(H2,17,18,20,23). The number of nitrogens with one attached hydrogen (secondary N) is 2. The molecule has 2 aromatic rings. The van der Waals surface area contributed by atoms with Crippen LogP contribution >= 0.6 is 12.2 Å². The fourth-order valence-electron chi connectivity index (χ4n) is 1.96. The van der Waals surface area contributed by atoms with Crippen LogP contribution in [0.5, 0.6) is 0 Å². The smallest absolute Gasteiger partial charge is 0.270 e. The molecule has 0 unspecified atom stereocenters. The molecule has 2 aromatic carbocycles. The SMILES string of the molecule is Cc1ccc(C)c(NC(=S)NC(=O)c2cccc([N+](=O)[O-])c2)c1. The molecule has 0 radical (unpaired) electrons. The molecule has 0 atom stereocenters. The number of carbonyl (C=O) groups is 1. The van der Waals surface area contributed by atoms with E-state index in [1.54, 1.807) is 0 Å². The van der Waals surface area contributed by atoms with E-state index in [9.17, 15) is 14.9 Å². The molecule has 1 amide bonds. The Kier molecular flexibility index (Phi) is 5.02. The number of rotatable bonds is 3. The molecule has 0 fully saturated rings. The highest BCUT2D eigenvalue weighted by molar-refractivity contribution is 7.80. The number of thiocarbonyl (C=S) groups is 1. The van der Waals surface area contributed by atoms with Gasteiger partial charge in [0.25, 0.3) is 11.6 Å². The third-order valence-electron chi connectivity index (χ3n) is 3.19. The molecule has 7 heteroatoms. The van der Waals surface area contributed by atoms with Gasteiger partial charge in [-0.05, 0) is 49.3 Å². The van der Waals surface area contributed by atoms with Crippen molar-refractivity contribution in [1.82, 2.24) is 5.32 Å². The molecular weight excluding hydrogens is 314 g/mol. The molecule has 0 aromatic heterocycles. The lowest BCUT2D eigenvalue weighted by Gasteiger charge is -2.12. The van der Waals surface area contributed by atoms with Gasteiger partial charge in [0, 0.05) is 23.4 Å². The van der Waals surface area contributed by atoms with Gasteiger partial charge in [-0.25, -0.2) is 0 Å². The van der Waals surface area contributed by atoms with E-state index in [-0.39, 0.29) is 16.4 Å². The highest BCUT2D eigenvalue weighted by Gasteiger charge is 2.13. The van der Waals surface area contributed by atoms with Gasteiger partial charge in [0.2, 0.25) is 0 Å². The molecule has 0 saturated carbocycles. The van der Waals surface area contributed by atoms with Crippen LogP contribution in [0.15, 0.2) is 42.5 Å². The van der Waals surface area contributed by atoms with Gasteiger partial charge < -0.3 is 5.32 Å². The Morgan fingerprint density at radius 2 is 1.91 bits per heavy atom. The van der Waals surface area contributed by atoms with E-state index in [0.29, 0.717) is 0 Å². The van der Waals surface area contributed by atoms with Crippen LogP contribution in [0.1, 0.15) is 21.5 Å². The lowest BCUT2D eigenvalue weighted by atomic mass is 10.1. The maximum absolute atomic E-state index is 12.1. The normalized spacial score (nSPS) is 10.0. The highest BCUT2D eigenvalue weighted by atomic mass is 32.1. The predicted octanol–water partition coefficient (Wildman–Crippen LogP) is 3.34. The van der Waals surface area contributed by atoms with E-state index in [2.05, 4.69) is 10.6 Å². The number of nitro benzene ring substituents is 1. The van der Waals surface area contributed by atoms with Gasteiger partial charge in [0.1, 0.15) is 0 Å². The fraction of sp³-hybridized carbons (Fsp3) is 0.125. The molecule has 0 aliphatic carbocycles. The molecule has 23 heavy (non-hydrogen) atoms. The highest BCUT2D eigenvalue weighted by Crippen LogP contribution is 2.16. The van der Waals surface area contributed by atoms with Crippen LogP contribution in [0.3, 0.4) is 0 Å². The maximum atomic E-state index is 12.1. The van der Waals surface area contributed by atoms with Crippen molar-refractivity contribution in [2.45, 2.75) is 13.8 Å². The fourth-order valence-corrected chi connectivity index (χ4v) is 2.16. The lowest BCUT2D eigenvalue weighted by Crippen LogP contribution is -2.34. The Morgan fingerprint density at radius 1 is 1.17 bits per heavy atom. The summed E-state index contributed by atoms with van der Waals surface area (Å²) in [5.74, 6) is -0.503. The monoisotopic (exact) mass is 329 g/mol. The van der Waals surface area contributed by atoms with E-state index in [1.807, 2.05) is 32.0 Å². The van der Waals surface area contributed by atoms with Crippen molar-refractivity contribution < 1.29 is 9.72 Å². The number of hydrogen-bond donors (Lipinski definition) is 2. The minimum Gasteiger partial charge on any atom is -0.332 e. The summed E-state index contributed by atoms with van der Waals surface area (Å²) in [7, 11) is 0. The molecule has 2 N–H and O–H groups in total. The number of nitrogens with zero attached hydrogens (tertiary/aromatic N) is 1. The number of carbonyl (C=O) groups excluding carboxylic acids is 1. The Morgan fingerprint density at radius 3 is 2.61 bits per heavy atom. The van der Waals surface area contributed by atoms with Crippen LogP contribution in [-0.2, 0) is 0 Å². The van der Waals surface area contributed by atoms with Gasteiger partial charge in [-0.2, -0.15) is 0 Å². The Labute approximate surface area is 138 Å². The molecule has 0 aliphatic heterocycles. The third-order valence-corrected chi connectivity index (χ3v) is 3.39. The average molecular weight is 329 g/mol. The lowest BCUT2D eigenvalue weighted by molar-refractivity contribution is -0.384. The van der Waals surface area contributed by atoms with Crippen molar-refractivity contribution in [2.24, 2.45) is 0 Å². The van der Waals surface area contributed by atoms with Crippen molar-refractivity contribution in [1.29, 1.82) is 0 Å². The third kappa shape index (κ3) is 4.33. The van der Waals surface area contributed by atoms with Gasteiger partial charge in [-0.3, -0.25) is 20.2 Å². The zero-order chi connectivity index (χ0) is 17.0. The molecule has 0 saturated heterocycles. The summed E-state index contributed by atoms with van der Waals surface area (Å²) >= 11 is 5.12. The van der Waals surface area contributed by atoms with Gasteiger partial charge in [0.15, 0.2) is 5.11 Å². The molecule has 118 valence electrons. The maximum Gasteiger partial charge on any atom is 0.270 e. The number of benzene rings is 2. The molecular formula is C16H15N3O3S. The van der Waals surface area contributed by atoms with E-state index >= 15 is 0 Å². The quantitative estimate of drug-likeness (QED) is 0.512. The van der Waals surface area contributed by atoms with Crippen LogP contribution < -0.4 is 10.6 Å². The number of hydrogen-bond acceptors (Lipinski definition) is 4. The van der Waals surface area contributed by atoms with Gasteiger partial charge in [-0.15, -0.1) is 0 Å². The zero-order valence-electron chi connectivity index (χ0n) is 12.6. The molecule has 0 aliphatic rings. The van der Waals surface area contributed by atoms with Gasteiger partial charge in [-0.1, -0.05) is 18.2 Å². The van der Waals surface area contributed by atoms with Crippen LogP contribution in [0.4, 0.5) is 11.4 Å². The largest absolute Gasteiger partial charge is 0.332 e. The molecule has 0 heterocycles. The second-order valence-corrected chi connectivity index (χ2v) is 5.44. The van der Waals surface area contributed by atoms with Crippen molar-refractivity contribution in [2.75, 3.05) is 5.32 Å². The van der Waals surface area contributed by atoms with Gasteiger partial charge in [0.05, 0.1) is 4.92 Å². The number of anilines is 1. The summed E-state index contributed by atoms with van der Waals surface area (Å²) in [5.41, 5.74) is 2.87. The second kappa shape index (κ2) is 6.97. The first-order valence-electron chi connectivity index (χ1n) is 6.81. The van der Waals surface area contributed by atoms with E-state index in [1.165, 1.54) is 24.3 Å². The predicted molar refractivity (Wildman–Crippen MR) is 92.7 cm³/mol. The summed E-state index contributed by atoms with van der Waals surface area (Å²) in [6.07, 6.45) is 0.